The molecule has 4 heteroatoms. The molecule has 9 rings (SSSR count). The van der Waals surface area contributed by atoms with E-state index >= 15 is 0 Å². The molecule has 3 aliphatic rings. The second kappa shape index (κ2) is 13.1. The van der Waals surface area contributed by atoms with Crippen LogP contribution >= 0.6 is 11.3 Å². The normalized spacial score (nSPS) is 17.0. The lowest BCUT2D eigenvalue weighted by Crippen LogP contribution is -2.60. The summed E-state index contributed by atoms with van der Waals surface area (Å²) < 4.78 is 2.81. The molecular formula is C56H67BN2S. The van der Waals surface area contributed by atoms with Crippen LogP contribution < -0.4 is 25.5 Å². The summed E-state index contributed by atoms with van der Waals surface area (Å²) in [5.74, 6) is 0. The Morgan fingerprint density at radius 1 is 0.500 bits per heavy atom. The van der Waals surface area contributed by atoms with Gasteiger partial charge in [-0.05, 0) is 138 Å². The van der Waals surface area contributed by atoms with Gasteiger partial charge in [-0.25, -0.2) is 0 Å². The molecule has 0 atom stereocenters. The van der Waals surface area contributed by atoms with Crippen LogP contribution in [0.2, 0.25) is 0 Å². The van der Waals surface area contributed by atoms with Crippen molar-refractivity contribution < 1.29 is 0 Å². The van der Waals surface area contributed by atoms with Gasteiger partial charge in [-0.3, -0.25) is 0 Å². The Morgan fingerprint density at radius 3 is 1.65 bits per heavy atom. The summed E-state index contributed by atoms with van der Waals surface area (Å²) in [7, 11) is 0. The molecule has 60 heavy (non-hydrogen) atoms. The van der Waals surface area contributed by atoms with Crippen molar-refractivity contribution in [1.29, 1.82) is 0 Å². The Hall–Kier alpha value is -4.28. The minimum absolute atomic E-state index is 0.000225. The maximum Gasteiger partial charge on any atom is 0.264 e. The van der Waals surface area contributed by atoms with E-state index in [1.165, 1.54) is 106 Å². The fraction of sp³-hybridized carbons (Fsp3) is 0.429. The number of rotatable bonds is 2. The number of thiophene rings is 1. The number of benzene rings is 5. The highest BCUT2D eigenvalue weighted by atomic mass is 32.1. The predicted molar refractivity (Wildman–Crippen MR) is 266 cm³/mol. The standard InChI is InChI=1S/C56H67BN2S/c1-51(2,3)34-21-25-44-43(31-34)57-48-45(58(44)39-29-36(53(7,8)9)28-37(30-39)54(10,11)12)18-17-19-46(48)59(38-22-24-41-42(33-38)56(15,16)27-26-55(41,13)14)49-40-23-20-35(52(4,5)6)32-47(40)60-50(49)57/h17-25,28-33H,26-27H2,1-16H3. The summed E-state index contributed by atoms with van der Waals surface area (Å²) in [6.07, 6.45) is 2.39. The minimum Gasteiger partial charge on any atom is -0.311 e. The van der Waals surface area contributed by atoms with Crippen LogP contribution in [0, 0.1) is 0 Å². The maximum absolute atomic E-state index is 2.67. The first-order chi connectivity index (χ1) is 27.8. The molecule has 0 unspecified atom stereocenters. The predicted octanol–water partition coefficient (Wildman–Crippen LogP) is 14.5. The monoisotopic (exact) mass is 811 g/mol. The minimum atomic E-state index is -0.00710. The molecule has 0 radical (unpaired) electrons. The molecule has 1 aliphatic carbocycles. The first kappa shape index (κ1) is 41.1. The van der Waals surface area contributed by atoms with Crippen LogP contribution in [-0.2, 0) is 32.5 Å². The Bertz CT molecular complexity index is 2680. The Balaban J connectivity index is 1.40. The third-order valence-corrected chi connectivity index (χ3v) is 15.5. The second-order valence-corrected chi connectivity index (χ2v) is 25.0. The Labute approximate surface area is 366 Å². The Morgan fingerprint density at radius 2 is 1.05 bits per heavy atom. The molecule has 2 nitrogen and oxygen atoms in total. The molecule has 310 valence electrons. The highest BCUT2D eigenvalue weighted by Gasteiger charge is 2.46. The van der Waals surface area contributed by atoms with Crippen LogP contribution in [0.15, 0.2) is 91.0 Å². The van der Waals surface area contributed by atoms with E-state index in [1.807, 2.05) is 11.3 Å². The average molecular weight is 811 g/mol. The van der Waals surface area contributed by atoms with Crippen molar-refractivity contribution in [2.45, 2.75) is 156 Å². The van der Waals surface area contributed by atoms with E-state index in [-0.39, 0.29) is 39.2 Å². The van der Waals surface area contributed by atoms with Crippen molar-refractivity contribution >= 4 is 78.0 Å². The van der Waals surface area contributed by atoms with Crippen molar-refractivity contribution in [2.24, 2.45) is 0 Å². The van der Waals surface area contributed by atoms with Gasteiger partial charge in [-0.15, -0.1) is 11.3 Å². The molecular weight excluding hydrogens is 744 g/mol. The number of hydrogen-bond donors (Lipinski definition) is 0. The molecule has 5 aromatic carbocycles. The van der Waals surface area contributed by atoms with Gasteiger partial charge in [0.2, 0.25) is 0 Å². The van der Waals surface area contributed by atoms with Crippen molar-refractivity contribution in [1.82, 2.24) is 0 Å². The van der Waals surface area contributed by atoms with Crippen molar-refractivity contribution in [3.63, 3.8) is 0 Å². The zero-order valence-electron chi connectivity index (χ0n) is 39.5. The molecule has 2 aliphatic heterocycles. The van der Waals surface area contributed by atoms with Crippen LogP contribution in [0.1, 0.15) is 157 Å². The summed E-state index contributed by atoms with van der Waals surface area (Å²) >= 11 is 2.02. The first-order valence-electron chi connectivity index (χ1n) is 22.5. The molecule has 0 amide bonds. The van der Waals surface area contributed by atoms with Gasteiger partial charge in [0.15, 0.2) is 0 Å². The number of hydrogen-bond acceptors (Lipinski definition) is 3. The summed E-state index contributed by atoms with van der Waals surface area (Å²) in [6.45, 7) is 38.1. The van der Waals surface area contributed by atoms with E-state index in [9.17, 15) is 0 Å². The zero-order valence-corrected chi connectivity index (χ0v) is 40.3. The van der Waals surface area contributed by atoms with E-state index in [2.05, 4.69) is 212 Å². The van der Waals surface area contributed by atoms with Crippen LogP contribution in [-0.4, -0.2) is 6.71 Å². The SMILES string of the molecule is CC(C)(C)c1cc(N2c3ccc(C(C)(C)C)cc3B3c4sc5cc(C(C)(C)C)ccc5c4N(c4ccc5c(c4)C(C)(C)CCC5(C)C)c4cccc2c43)cc(C(C)(C)C)c1. The van der Waals surface area contributed by atoms with Gasteiger partial charge in [0.05, 0.1) is 5.69 Å². The summed E-state index contributed by atoms with van der Waals surface area (Å²) in [5, 5.41) is 1.35. The van der Waals surface area contributed by atoms with Crippen molar-refractivity contribution in [3.05, 3.63) is 124 Å². The van der Waals surface area contributed by atoms with Crippen molar-refractivity contribution in [3.8, 4) is 0 Å². The first-order valence-corrected chi connectivity index (χ1v) is 23.3. The molecule has 0 spiro atoms. The third-order valence-electron chi connectivity index (χ3n) is 14.3. The Kier molecular flexibility index (Phi) is 8.99. The van der Waals surface area contributed by atoms with E-state index in [4.69, 9.17) is 0 Å². The molecule has 1 aromatic heterocycles. The molecule has 0 bridgehead atoms. The third kappa shape index (κ3) is 6.49. The largest absolute Gasteiger partial charge is 0.311 e. The molecule has 0 fully saturated rings. The summed E-state index contributed by atoms with van der Waals surface area (Å²) in [4.78, 5) is 5.29. The zero-order chi connectivity index (χ0) is 43.3. The number of nitrogens with zero attached hydrogens (tertiary/aromatic N) is 2. The lowest BCUT2D eigenvalue weighted by Gasteiger charge is -2.45. The fourth-order valence-corrected chi connectivity index (χ4v) is 11.6. The number of anilines is 6. The average Bonchev–Trinajstić information content (AvgIpc) is 3.53. The van der Waals surface area contributed by atoms with Crippen LogP contribution in [0.5, 0.6) is 0 Å². The summed E-state index contributed by atoms with van der Waals surface area (Å²) in [6, 6.07) is 36.8. The highest BCUT2D eigenvalue weighted by molar-refractivity contribution is 7.33. The smallest absolute Gasteiger partial charge is 0.264 e. The quantitative estimate of drug-likeness (QED) is 0.161. The van der Waals surface area contributed by atoms with E-state index < -0.39 is 0 Å². The van der Waals surface area contributed by atoms with Gasteiger partial charge in [0.25, 0.3) is 6.71 Å². The van der Waals surface area contributed by atoms with Crippen LogP contribution in [0.25, 0.3) is 10.1 Å². The topological polar surface area (TPSA) is 6.48 Å². The maximum atomic E-state index is 2.67. The van der Waals surface area contributed by atoms with Gasteiger partial charge in [-0.1, -0.05) is 153 Å². The van der Waals surface area contributed by atoms with Gasteiger partial charge >= 0.3 is 0 Å². The van der Waals surface area contributed by atoms with Crippen molar-refractivity contribution in [2.75, 3.05) is 9.80 Å². The van der Waals surface area contributed by atoms with Gasteiger partial charge < -0.3 is 9.80 Å². The molecule has 6 aromatic rings. The highest BCUT2D eigenvalue weighted by Crippen LogP contribution is 2.52. The van der Waals surface area contributed by atoms with E-state index in [1.54, 1.807) is 0 Å². The van der Waals surface area contributed by atoms with E-state index in [0.29, 0.717) is 0 Å². The lowest BCUT2D eigenvalue weighted by atomic mass is 9.36. The summed E-state index contributed by atoms with van der Waals surface area (Å²) in [5.41, 5.74) is 19.3. The number of fused-ring (bicyclic) bond motifs is 7. The van der Waals surface area contributed by atoms with Gasteiger partial charge in [0.1, 0.15) is 0 Å². The van der Waals surface area contributed by atoms with Gasteiger partial charge in [0, 0.05) is 43.3 Å². The molecule has 0 N–H and O–H groups in total. The van der Waals surface area contributed by atoms with Crippen LogP contribution in [0.3, 0.4) is 0 Å². The fourth-order valence-electron chi connectivity index (χ4n) is 10.2. The molecule has 3 heterocycles. The van der Waals surface area contributed by atoms with Crippen LogP contribution in [0.4, 0.5) is 34.1 Å². The second-order valence-electron chi connectivity index (χ2n) is 23.9. The molecule has 0 saturated carbocycles. The lowest BCUT2D eigenvalue weighted by molar-refractivity contribution is 0.332. The molecule has 0 saturated heterocycles. The van der Waals surface area contributed by atoms with E-state index in [0.717, 1.165) is 0 Å². The van der Waals surface area contributed by atoms with Gasteiger partial charge in [-0.2, -0.15) is 0 Å².